The van der Waals surface area contributed by atoms with E-state index in [0.717, 1.165) is 65.0 Å². The van der Waals surface area contributed by atoms with Crippen LogP contribution in [-0.2, 0) is 22.7 Å². The van der Waals surface area contributed by atoms with Gasteiger partial charge < -0.3 is 38.9 Å². The number of amides is 1. The third-order valence-corrected chi connectivity index (χ3v) is 14.6. The van der Waals surface area contributed by atoms with E-state index in [0.29, 0.717) is 58.2 Å². The van der Waals surface area contributed by atoms with E-state index in [4.69, 9.17) is 28.9 Å². The molecule has 0 bridgehead atoms. The Kier molecular flexibility index (Phi) is 16.1. The average Bonchev–Trinajstić information content (AvgIpc) is 3.43. The van der Waals surface area contributed by atoms with E-state index < -0.39 is 17.7 Å². The van der Waals surface area contributed by atoms with Crippen molar-refractivity contribution in [1.82, 2.24) is 4.90 Å². The van der Waals surface area contributed by atoms with Crippen molar-refractivity contribution < 1.29 is 43.6 Å². The van der Waals surface area contributed by atoms with Crippen molar-refractivity contribution in [2.75, 3.05) is 26.9 Å². The van der Waals surface area contributed by atoms with E-state index in [1.54, 1.807) is 48.5 Å². The Labute approximate surface area is 426 Å². The van der Waals surface area contributed by atoms with Crippen LogP contribution < -0.4 is 14.2 Å². The Morgan fingerprint density at radius 1 is 0.890 bits per heavy atom. The molecule has 6 aromatic carbocycles. The Hall–Kier alpha value is -7.56. The number of hydrogen-bond donors (Lipinski definition) is 2. The summed E-state index contributed by atoms with van der Waals surface area (Å²) in [5.41, 5.74) is 5.45. The predicted molar refractivity (Wildman–Crippen MR) is 280 cm³/mol. The van der Waals surface area contributed by atoms with Crippen LogP contribution in [0.2, 0.25) is 0 Å². The SMILES string of the molecule is C=CCOC12Oc3ccc(Oc4ccc(OC)c(C=O)c4)cc3C3C(CCCCO)C(CCCCO)C=C(C(=NOCc4ccccc4)CC1N(Cc1cccc4ccccc14)C(=O)c1ccc(C#N)cc1)C32. The molecular weight excluding hydrogens is 919 g/mol. The first kappa shape index (κ1) is 50.4. The van der Waals surface area contributed by atoms with Crippen LogP contribution in [0.15, 0.2) is 163 Å². The first-order chi connectivity index (χ1) is 35.8. The summed E-state index contributed by atoms with van der Waals surface area (Å²) in [6.45, 7) is 4.68. The molecule has 1 heterocycles. The first-order valence-electron chi connectivity index (χ1n) is 25.2. The third kappa shape index (κ3) is 10.7. The van der Waals surface area contributed by atoms with Crippen molar-refractivity contribution in [1.29, 1.82) is 5.26 Å². The van der Waals surface area contributed by atoms with E-state index >= 15 is 4.79 Å². The average molecular weight is 980 g/mol. The largest absolute Gasteiger partial charge is 0.496 e. The van der Waals surface area contributed by atoms with Crippen LogP contribution in [0, 0.1) is 29.1 Å². The molecule has 2 N–H and O–H groups in total. The highest BCUT2D eigenvalue weighted by molar-refractivity contribution is 6.03. The number of nitriles is 1. The summed E-state index contributed by atoms with van der Waals surface area (Å²) in [5.74, 6) is -0.852. The molecule has 1 amide bonds. The molecule has 0 saturated heterocycles. The van der Waals surface area contributed by atoms with Crippen molar-refractivity contribution in [3.8, 4) is 29.1 Å². The normalized spacial score (nSPS) is 21.2. The molecule has 12 nitrogen and oxygen atoms in total. The summed E-state index contributed by atoms with van der Waals surface area (Å²) in [5, 5.41) is 37.1. The fourth-order valence-corrected chi connectivity index (χ4v) is 11.3. The maximum atomic E-state index is 15.8. The second-order valence-electron chi connectivity index (χ2n) is 18.9. The van der Waals surface area contributed by atoms with Crippen molar-refractivity contribution >= 4 is 28.7 Å². The van der Waals surface area contributed by atoms with Crippen LogP contribution in [0.4, 0.5) is 0 Å². The van der Waals surface area contributed by atoms with Gasteiger partial charge in [-0.25, -0.2) is 0 Å². The van der Waals surface area contributed by atoms with Crippen LogP contribution in [0.1, 0.15) is 93.8 Å². The molecular formula is C61H61N3O9. The molecule has 374 valence electrons. The van der Waals surface area contributed by atoms with Crippen molar-refractivity contribution in [2.24, 2.45) is 22.9 Å². The van der Waals surface area contributed by atoms with Gasteiger partial charge in [-0.2, -0.15) is 5.26 Å². The van der Waals surface area contributed by atoms with Gasteiger partial charge in [-0.1, -0.05) is 103 Å². The highest BCUT2D eigenvalue weighted by Crippen LogP contribution is 2.62. The van der Waals surface area contributed by atoms with Gasteiger partial charge in [-0.3, -0.25) is 9.59 Å². The molecule has 6 atom stereocenters. The number of rotatable bonds is 22. The number of aldehydes is 1. The third-order valence-electron chi connectivity index (χ3n) is 14.6. The lowest BCUT2D eigenvalue weighted by Crippen LogP contribution is -2.70. The van der Waals surface area contributed by atoms with Crippen molar-refractivity contribution in [2.45, 2.75) is 75.8 Å². The molecule has 1 aliphatic heterocycles. The van der Waals surface area contributed by atoms with E-state index in [-0.39, 0.29) is 63.1 Å². The smallest absolute Gasteiger partial charge is 0.254 e. The van der Waals surface area contributed by atoms with Gasteiger partial charge in [0.1, 0.15) is 35.6 Å². The lowest BCUT2D eigenvalue weighted by molar-refractivity contribution is -0.255. The number of ether oxygens (including phenoxy) is 4. The number of carbonyl (C=O) groups is 2. The molecule has 0 spiro atoms. The standard InChI is InChI=1S/C61H61N3O9/c1-3-32-70-61-57(64(60(68)44-24-22-41(37-62)23-25-44)38-46-19-13-18-43-16-7-8-20-50(43)46)36-54(63-71-40-42-14-5-4-6-15-42)52-34-45(17-9-11-30-65)51(21-10-12-31-66)58(59(52)61)53-35-49(27-29-56(53)73-61)72-48-26-28-55(69-2)47(33-48)39-67/h3-8,13-16,18-20,22-29,33-35,39,45,51,57-59,65-66H,1,9-12,17,21,30-32,36,38,40H2,2H3. The topological polar surface area (TPSA) is 160 Å². The number of aliphatic hydroxyl groups excluding tert-OH is 2. The summed E-state index contributed by atoms with van der Waals surface area (Å²) < 4.78 is 26.8. The van der Waals surface area contributed by atoms with E-state index in [1.807, 2.05) is 77.7 Å². The lowest BCUT2D eigenvalue weighted by Gasteiger charge is -2.60. The molecule has 1 fully saturated rings. The summed E-state index contributed by atoms with van der Waals surface area (Å²) in [4.78, 5) is 36.1. The second kappa shape index (κ2) is 23.3. The molecule has 12 heteroatoms. The minimum atomic E-state index is -1.55. The van der Waals surface area contributed by atoms with Gasteiger partial charge >= 0.3 is 0 Å². The van der Waals surface area contributed by atoms with Gasteiger partial charge in [0, 0.05) is 43.2 Å². The molecule has 2 aliphatic carbocycles. The van der Waals surface area contributed by atoms with E-state index in [9.17, 15) is 20.3 Å². The summed E-state index contributed by atoms with van der Waals surface area (Å²) in [6, 6.07) is 43.0. The molecule has 6 aromatic rings. The second-order valence-corrected chi connectivity index (χ2v) is 18.9. The number of allylic oxidation sites excluding steroid dienone is 1. The maximum Gasteiger partial charge on any atom is 0.254 e. The van der Waals surface area contributed by atoms with Crippen LogP contribution in [0.25, 0.3) is 10.8 Å². The van der Waals surface area contributed by atoms with Crippen molar-refractivity contribution in [3.05, 3.63) is 191 Å². The fraction of sp³-hybridized carbons (Fsp3) is 0.311. The van der Waals surface area contributed by atoms with Gasteiger partial charge in [0.05, 0.1) is 42.5 Å². The molecule has 0 radical (unpaired) electrons. The molecule has 3 aliphatic rings. The van der Waals surface area contributed by atoms with Gasteiger partial charge in [-0.15, -0.1) is 6.58 Å². The Morgan fingerprint density at radius 3 is 2.38 bits per heavy atom. The number of aliphatic hydroxyl groups is 2. The highest BCUT2D eigenvalue weighted by Gasteiger charge is 2.65. The number of hydrogen-bond acceptors (Lipinski definition) is 11. The lowest BCUT2D eigenvalue weighted by atomic mass is 9.55. The molecule has 1 saturated carbocycles. The molecule has 6 unspecified atom stereocenters. The predicted octanol–water partition coefficient (Wildman–Crippen LogP) is 11.5. The number of methoxy groups -OCH3 is 1. The molecule has 73 heavy (non-hydrogen) atoms. The van der Waals surface area contributed by atoms with Crippen LogP contribution >= 0.6 is 0 Å². The van der Waals surface area contributed by atoms with Gasteiger partial charge in [0.25, 0.3) is 5.91 Å². The summed E-state index contributed by atoms with van der Waals surface area (Å²) in [7, 11) is 1.51. The Balaban J connectivity index is 1.28. The minimum Gasteiger partial charge on any atom is -0.496 e. The number of unbranched alkanes of at least 4 members (excludes halogenated alkanes) is 2. The van der Waals surface area contributed by atoms with E-state index in [1.165, 1.54) is 7.11 Å². The fourth-order valence-electron chi connectivity index (χ4n) is 11.3. The van der Waals surface area contributed by atoms with Crippen molar-refractivity contribution in [3.63, 3.8) is 0 Å². The summed E-state index contributed by atoms with van der Waals surface area (Å²) >= 11 is 0. The molecule has 9 rings (SSSR count). The summed E-state index contributed by atoms with van der Waals surface area (Å²) in [6.07, 6.45) is 9.21. The number of benzene rings is 6. The highest BCUT2D eigenvalue weighted by atomic mass is 16.7. The number of fused-ring (bicyclic) bond motifs is 3. The number of carbonyl (C=O) groups excluding carboxylic acids is 2. The zero-order valence-corrected chi connectivity index (χ0v) is 41.1. The van der Waals surface area contributed by atoms with Crippen LogP contribution in [-0.4, -0.2) is 71.8 Å². The quantitative estimate of drug-likeness (QED) is 0.0290. The number of oxime groups is 1. The monoisotopic (exact) mass is 979 g/mol. The van der Waals surface area contributed by atoms with Gasteiger partial charge in [0.15, 0.2) is 6.29 Å². The molecule has 0 aromatic heterocycles. The zero-order valence-electron chi connectivity index (χ0n) is 41.1. The maximum absolute atomic E-state index is 15.8. The van der Waals surface area contributed by atoms with Gasteiger partial charge in [0.2, 0.25) is 5.79 Å². The zero-order chi connectivity index (χ0) is 50.7. The van der Waals surface area contributed by atoms with Crippen LogP contribution in [0.3, 0.4) is 0 Å². The first-order valence-corrected chi connectivity index (χ1v) is 25.2. The van der Waals surface area contributed by atoms with Crippen LogP contribution in [0.5, 0.6) is 23.0 Å². The Bertz CT molecular complexity index is 3020. The number of nitrogens with zero attached hydrogens (tertiary/aromatic N) is 3. The Morgan fingerprint density at radius 2 is 1.63 bits per heavy atom. The minimum absolute atomic E-state index is 0.00574. The van der Waals surface area contributed by atoms with Gasteiger partial charge in [-0.05, 0) is 126 Å². The van der Waals surface area contributed by atoms with E-state index in [2.05, 4.69) is 36.9 Å².